The summed E-state index contributed by atoms with van der Waals surface area (Å²) in [6.45, 7) is 0.424. The predicted octanol–water partition coefficient (Wildman–Crippen LogP) is 5.01. The molecular formula is C26H22N4O2S2. The number of hydrogen-bond donors (Lipinski definition) is 0. The second kappa shape index (κ2) is 8.85. The number of carbonyl (C=O) groups is 1. The minimum Gasteiger partial charge on any atom is -0.293 e. The van der Waals surface area contributed by atoms with Crippen molar-refractivity contribution in [2.45, 2.75) is 37.4 Å². The summed E-state index contributed by atoms with van der Waals surface area (Å²) in [5, 5.41) is 9.56. The fraction of sp³-hybridized carbons (Fsp3) is 0.231. The van der Waals surface area contributed by atoms with Crippen molar-refractivity contribution in [1.82, 2.24) is 19.2 Å². The van der Waals surface area contributed by atoms with Crippen molar-refractivity contribution >= 4 is 44.9 Å². The van der Waals surface area contributed by atoms with Crippen LogP contribution in [0.1, 0.15) is 39.2 Å². The molecule has 0 aliphatic heterocycles. The van der Waals surface area contributed by atoms with E-state index in [0.29, 0.717) is 23.0 Å². The lowest BCUT2D eigenvalue weighted by atomic mass is 9.98. The number of aromatic nitrogens is 4. The van der Waals surface area contributed by atoms with Gasteiger partial charge in [0.15, 0.2) is 10.9 Å². The van der Waals surface area contributed by atoms with E-state index in [4.69, 9.17) is 0 Å². The highest BCUT2D eigenvalue weighted by atomic mass is 32.2. The van der Waals surface area contributed by atoms with Crippen LogP contribution in [0.5, 0.6) is 0 Å². The maximum atomic E-state index is 13.7. The molecule has 0 radical (unpaired) electrons. The van der Waals surface area contributed by atoms with Crippen LogP contribution in [0.3, 0.4) is 0 Å². The van der Waals surface area contributed by atoms with E-state index < -0.39 is 0 Å². The zero-order valence-corrected chi connectivity index (χ0v) is 20.1. The number of Topliss-reactive ketones (excluding diaryl/α,β-unsaturated/α-hetero) is 1. The summed E-state index contributed by atoms with van der Waals surface area (Å²) in [6, 6.07) is 19.2. The first-order valence-electron chi connectivity index (χ1n) is 11.4. The van der Waals surface area contributed by atoms with E-state index in [-0.39, 0.29) is 17.1 Å². The van der Waals surface area contributed by atoms with Crippen LogP contribution < -0.4 is 5.56 Å². The highest BCUT2D eigenvalue weighted by Crippen LogP contribution is 2.36. The quantitative estimate of drug-likeness (QED) is 0.249. The number of hydrogen-bond acceptors (Lipinski definition) is 6. The normalized spacial score (nSPS) is 13.4. The Hall–Kier alpha value is -3.23. The Morgan fingerprint density at radius 1 is 0.971 bits per heavy atom. The van der Waals surface area contributed by atoms with Gasteiger partial charge in [0.1, 0.15) is 4.70 Å². The Kier molecular flexibility index (Phi) is 5.55. The topological polar surface area (TPSA) is 69.3 Å². The van der Waals surface area contributed by atoms with Gasteiger partial charge < -0.3 is 0 Å². The Bertz CT molecular complexity index is 1570. The van der Waals surface area contributed by atoms with Gasteiger partial charge in [-0.25, -0.2) is 0 Å². The maximum absolute atomic E-state index is 13.7. The Labute approximate surface area is 204 Å². The molecule has 170 valence electrons. The molecule has 0 fully saturated rings. The van der Waals surface area contributed by atoms with E-state index in [1.807, 2.05) is 65.1 Å². The number of thioether (sulfide) groups is 1. The fourth-order valence-electron chi connectivity index (χ4n) is 4.62. The van der Waals surface area contributed by atoms with Crippen molar-refractivity contribution in [3.05, 3.63) is 92.6 Å². The molecule has 0 saturated carbocycles. The molecule has 5 aromatic rings. The number of carbonyl (C=O) groups excluding carboxylic acids is 1. The molecule has 34 heavy (non-hydrogen) atoms. The van der Waals surface area contributed by atoms with Gasteiger partial charge in [0.2, 0.25) is 5.78 Å². The van der Waals surface area contributed by atoms with E-state index >= 15 is 0 Å². The van der Waals surface area contributed by atoms with Gasteiger partial charge in [-0.2, -0.15) is 0 Å². The zero-order valence-electron chi connectivity index (χ0n) is 18.4. The predicted molar refractivity (Wildman–Crippen MR) is 136 cm³/mol. The lowest BCUT2D eigenvalue weighted by molar-refractivity contribution is 0.102. The fourth-order valence-corrected chi connectivity index (χ4v) is 6.77. The second-order valence-corrected chi connectivity index (χ2v) is 10.5. The first-order valence-corrected chi connectivity index (χ1v) is 13.2. The van der Waals surface area contributed by atoms with E-state index in [1.54, 1.807) is 15.9 Å². The monoisotopic (exact) mass is 486 g/mol. The maximum Gasteiger partial charge on any atom is 0.273 e. The third-order valence-corrected chi connectivity index (χ3v) is 8.47. The SMILES string of the molecule is O=C(CSc1nnc2n(Cc3ccccc3)c(=O)c3sc4c(c3n12)CCCC4)c1ccccc1. The summed E-state index contributed by atoms with van der Waals surface area (Å²) >= 11 is 2.99. The molecule has 6 nitrogen and oxygen atoms in total. The van der Waals surface area contributed by atoms with Crippen molar-refractivity contribution in [3.63, 3.8) is 0 Å². The molecule has 0 amide bonds. The van der Waals surface area contributed by atoms with Crippen LogP contribution in [-0.2, 0) is 19.4 Å². The molecule has 6 rings (SSSR count). The van der Waals surface area contributed by atoms with Gasteiger partial charge in [-0.3, -0.25) is 18.6 Å². The van der Waals surface area contributed by atoms with E-state index in [0.717, 1.165) is 41.5 Å². The van der Waals surface area contributed by atoms with Gasteiger partial charge in [0.05, 0.1) is 17.8 Å². The Morgan fingerprint density at radius 3 is 2.50 bits per heavy atom. The summed E-state index contributed by atoms with van der Waals surface area (Å²) < 4.78 is 4.49. The molecule has 0 spiro atoms. The molecule has 0 saturated heterocycles. The minimum atomic E-state index is -0.0185. The molecule has 0 N–H and O–H groups in total. The number of ketones is 1. The Morgan fingerprint density at radius 2 is 1.71 bits per heavy atom. The molecule has 3 heterocycles. The third-order valence-electron chi connectivity index (χ3n) is 6.28. The van der Waals surface area contributed by atoms with Crippen LogP contribution in [0.15, 0.2) is 70.6 Å². The average Bonchev–Trinajstić information content (AvgIpc) is 3.48. The molecule has 0 atom stereocenters. The lowest BCUT2D eigenvalue weighted by Crippen LogP contribution is -2.23. The van der Waals surface area contributed by atoms with Crippen molar-refractivity contribution < 1.29 is 4.79 Å². The summed E-state index contributed by atoms with van der Waals surface area (Å²) in [5.74, 6) is 0.835. The van der Waals surface area contributed by atoms with Crippen molar-refractivity contribution in [2.75, 3.05) is 5.75 Å². The van der Waals surface area contributed by atoms with Crippen molar-refractivity contribution in [2.24, 2.45) is 0 Å². The summed E-state index contributed by atoms with van der Waals surface area (Å²) in [7, 11) is 0. The van der Waals surface area contributed by atoms with Crippen molar-refractivity contribution in [3.8, 4) is 0 Å². The van der Waals surface area contributed by atoms with Gasteiger partial charge in [-0.15, -0.1) is 21.5 Å². The van der Waals surface area contributed by atoms with Crippen LogP contribution in [0, 0.1) is 0 Å². The number of rotatable bonds is 6. The van der Waals surface area contributed by atoms with Crippen LogP contribution in [0.2, 0.25) is 0 Å². The van der Waals surface area contributed by atoms with Gasteiger partial charge >= 0.3 is 0 Å². The van der Waals surface area contributed by atoms with Gasteiger partial charge in [-0.05, 0) is 36.8 Å². The molecule has 1 aliphatic rings. The number of nitrogens with zero attached hydrogens (tertiary/aromatic N) is 4. The van der Waals surface area contributed by atoms with Gasteiger partial charge in [0.25, 0.3) is 5.56 Å². The van der Waals surface area contributed by atoms with Gasteiger partial charge in [0, 0.05) is 10.4 Å². The summed E-state index contributed by atoms with van der Waals surface area (Å²) in [4.78, 5) is 27.7. The van der Waals surface area contributed by atoms with Crippen LogP contribution in [-0.4, -0.2) is 30.7 Å². The van der Waals surface area contributed by atoms with E-state index in [9.17, 15) is 9.59 Å². The lowest BCUT2D eigenvalue weighted by Gasteiger charge is -2.13. The first-order chi connectivity index (χ1) is 16.7. The van der Waals surface area contributed by atoms with Crippen LogP contribution >= 0.6 is 23.1 Å². The number of benzene rings is 2. The van der Waals surface area contributed by atoms with Crippen molar-refractivity contribution in [1.29, 1.82) is 0 Å². The molecule has 8 heteroatoms. The average molecular weight is 487 g/mol. The zero-order chi connectivity index (χ0) is 23.1. The summed E-state index contributed by atoms with van der Waals surface area (Å²) in [5.41, 5.74) is 3.88. The molecule has 3 aromatic heterocycles. The van der Waals surface area contributed by atoms with Gasteiger partial charge in [-0.1, -0.05) is 72.4 Å². The van der Waals surface area contributed by atoms with E-state index in [2.05, 4.69) is 10.2 Å². The summed E-state index contributed by atoms with van der Waals surface area (Å²) in [6.07, 6.45) is 4.23. The molecular weight excluding hydrogens is 464 g/mol. The molecule has 2 aromatic carbocycles. The number of thiophene rings is 1. The second-order valence-electron chi connectivity index (χ2n) is 8.46. The minimum absolute atomic E-state index is 0.0185. The molecule has 0 unspecified atom stereocenters. The molecule has 0 bridgehead atoms. The molecule has 1 aliphatic carbocycles. The first kappa shape index (κ1) is 21.3. The largest absolute Gasteiger partial charge is 0.293 e. The Balaban J connectivity index is 1.50. The van der Waals surface area contributed by atoms with Crippen LogP contribution in [0.25, 0.3) is 16.0 Å². The standard InChI is InChI=1S/C26H22N4O2S2/c31-20(18-11-5-2-6-12-18)16-33-26-28-27-25-29(15-17-9-3-1-4-10-17)24(32)23-22(30(25)26)19-13-7-8-14-21(19)34-23/h1-6,9-12H,7-8,13-16H2. The third kappa shape index (κ3) is 3.67. The highest BCUT2D eigenvalue weighted by molar-refractivity contribution is 7.99. The number of fused-ring (bicyclic) bond motifs is 5. The highest BCUT2D eigenvalue weighted by Gasteiger charge is 2.25. The van der Waals surface area contributed by atoms with Crippen LogP contribution in [0.4, 0.5) is 0 Å². The van der Waals surface area contributed by atoms with E-state index in [1.165, 1.54) is 22.2 Å². The number of aryl methyl sites for hydroxylation is 2. The smallest absolute Gasteiger partial charge is 0.273 e.